The summed E-state index contributed by atoms with van der Waals surface area (Å²) in [5, 5.41) is 0.794. The molecule has 0 aliphatic carbocycles. The lowest BCUT2D eigenvalue weighted by atomic mass is 9.99. The molecule has 0 bridgehead atoms. The predicted molar refractivity (Wildman–Crippen MR) is 66.1 cm³/mol. The first-order valence-electron chi connectivity index (χ1n) is 5.19. The van der Waals surface area contributed by atoms with Gasteiger partial charge in [-0.25, -0.2) is 0 Å². The number of hydrogen-bond acceptors (Lipinski definition) is 1. The molecule has 0 saturated carbocycles. The van der Waals surface area contributed by atoms with Gasteiger partial charge >= 0.3 is 0 Å². The van der Waals surface area contributed by atoms with E-state index in [1.807, 2.05) is 58.0 Å². The van der Waals surface area contributed by atoms with Gasteiger partial charge in [0.15, 0.2) is 0 Å². The molecule has 0 radical (unpaired) electrons. The van der Waals surface area contributed by atoms with E-state index in [1.54, 1.807) is 0 Å². The van der Waals surface area contributed by atoms with Gasteiger partial charge in [-0.15, -0.1) is 0 Å². The van der Waals surface area contributed by atoms with Crippen molar-refractivity contribution in [3.63, 3.8) is 0 Å². The molecule has 0 N–H and O–H groups in total. The molecule has 0 unspecified atom stereocenters. The van der Waals surface area contributed by atoms with Gasteiger partial charge in [0, 0.05) is 16.9 Å². The molecule has 0 amide bonds. The van der Waals surface area contributed by atoms with Gasteiger partial charge in [0.05, 0.1) is 0 Å². The van der Waals surface area contributed by atoms with Crippen molar-refractivity contribution in [2.75, 3.05) is 0 Å². The highest BCUT2D eigenvalue weighted by molar-refractivity contribution is 6.30. The van der Waals surface area contributed by atoms with E-state index in [0.29, 0.717) is 5.78 Å². The van der Waals surface area contributed by atoms with E-state index in [9.17, 15) is 4.79 Å². The van der Waals surface area contributed by atoms with Crippen LogP contribution in [0.15, 0.2) is 30.3 Å². The lowest BCUT2D eigenvalue weighted by molar-refractivity contribution is -0.124. The lowest BCUT2D eigenvalue weighted by Gasteiger charge is -2.05. The summed E-state index contributed by atoms with van der Waals surface area (Å²) >= 11 is 5.54. The van der Waals surface area contributed by atoms with Crippen LogP contribution >= 0.6 is 11.6 Å². The molecular weight excluding hydrogens is 208 g/mol. The first kappa shape index (κ1) is 14.2. The van der Waals surface area contributed by atoms with E-state index in [1.165, 1.54) is 0 Å². The van der Waals surface area contributed by atoms with Crippen molar-refractivity contribution in [1.82, 2.24) is 0 Å². The molecule has 0 fully saturated rings. The van der Waals surface area contributed by atoms with Crippen LogP contribution in [0.25, 0.3) is 0 Å². The average Bonchev–Trinajstić information content (AvgIpc) is 2.18. The van der Waals surface area contributed by atoms with Gasteiger partial charge in [-0.2, -0.15) is 0 Å². The fourth-order valence-corrected chi connectivity index (χ4v) is 1.23. The maximum atomic E-state index is 10.8. The molecule has 84 valence electrons. The molecule has 2 heteroatoms. The van der Waals surface area contributed by atoms with Gasteiger partial charge in [-0.05, 0) is 12.1 Å². The summed E-state index contributed by atoms with van der Waals surface area (Å²) < 4.78 is 0. The predicted octanol–water partition coefficient (Wildman–Crippen LogP) is 4.21. The Morgan fingerprint density at radius 1 is 1.00 bits per heavy atom. The van der Waals surface area contributed by atoms with Crippen molar-refractivity contribution >= 4 is 17.4 Å². The van der Waals surface area contributed by atoms with Crippen molar-refractivity contribution in [2.45, 2.75) is 27.7 Å². The zero-order valence-corrected chi connectivity index (χ0v) is 10.6. The number of hydrogen-bond donors (Lipinski definition) is 0. The Kier molecular flexibility index (Phi) is 7.06. The standard InChI is InChI=1S/C7H14O.C6H5Cl/c1-5(2)7(8)6(3)4;7-6-4-2-1-3-5-6/h5-6H,1-4H3;1-5H. The number of rotatable bonds is 2. The minimum absolute atomic E-state index is 0.204. The van der Waals surface area contributed by atoms with Crippen molar-refractivity contribution in [3.05, 3.63) is 35.4 Å². The summed E-state index contributed by atoms with van der Waals surface area (Å²) in [6, 6.07) is 9.44. The zero-order chi connectivity index (χ0) is 11.8. The Balaban J connectivity index is 0.000000262. The van der Waals surface area contributed by atoms with E-state index < -0.39 is 0 Å². The third kappa shape index (κ3) is 7.15. The summed E-state index contributed by atoms with van der Waals surface area (Å²) in [7, 11) is 0. The quantitative estimate of drug-likeness (QED) is 0.739. The van der Waals surface area contributed by atoms with E-state index in [-0.39, 0.29) is 11.8 Å². The molecule has 0 aromatic heterocycles. The van der Waals surface area contributed by atoms with E-state index >= 15 is 0 Å². The first-order chi connectivity index (χ1) is 6.95. The molecule has 1 aromatic carbocycles. The smallest absolute Gasteiger partial charge is 0.137 e. The van der Waals surface area contributed by atoms with Crippen LogP contribution in [-0.4, -0.2) is 5.78 Å². The maximum Gasteiger partial charge on any atom is 0.137 e. The minimum atomic E-state index is 0.204. The van der Waals surface area contributed by atoms with Crippen molar-refractivity contribution in [1.29, 1.82) is 0 Å². The van der Waals surface area contributed by atoms with Crippen LogP contribution in [0.1, 0.15) is 27.7 Å². The Morgan fingerprint density at radius 2 is 1.40 bits per heavy atom. The highest BCUT2D eigenvalue weighted by Gasteiger charge is 2.09. The van der Waals surface area contributed by atoms with Crippen LogP contribution < -0.4 is 0 Å². The molecule has 0 saturated heterocycles. The van der Waals surface area contributed by atoms with Gasteiger partial charge in [0.2, 0.25) is 0 Å². The molecular formula is C13H19ClO. The molecule has 0 atom stereocenters. The van der Waals surface area contributed by atoms with Gasteiger partial charge in [0.25, 0.3) is 0 Å². The summed E-state index contributed by atoms with van der Waals surface area (Å²) in [5.74, 6) is 0.759. The summed E-state index contributed by atoms with van der Waals surface area (Å²) in [5.41, 5.74) is 0. The highest BCUT2D eigenvalue weighted by atomic mass is 35.5. The first-order valence-corrected chi connectivity index (χ1v) is 5.57. The van der Waals surface area contributed by atoms with Crippen LogP contribution in [0.2, 0.25) is 5.02 Å². The Morgan fingerprint density at radius 3 is 1.53 bits per heavy atom. The number of ketones is 1. The highest BCUT2D eigenvalue weighted by Crippen LogP contribution is 2.04. The average molecular weight is 227 g/mol. The Hall–Kier alpha value is -0.820. The molecule has 1 aromatic rings. The van der Waals surface area contributed by atoms with Crippen molar-refractivity contribution in [2.24, 2.45) is 11.8 Å². The Bertz CT molecular complexity index is 268. The number of Topliss-reactive ketones (excluding diaryl/α,β-unsaturated/α-hetero) is 1. The fourth-order valence-electron chi connectivity index (χ4n) is 1.08. The largest absolute Gasteiger partial charge is 0.299 e. The molecule has 0 aliphatic rings. The van der Waals surface area contributed by atoms with Crippen LogP contribution in [-0.2, 0) is 4.79 Å². The van der Waals surface area contributed by atoms with Crippen molar-refractivity contribution < 1.29 is 4.79 Å². The van der Waals surface area contributed by atoms with Crippen LogP contribution in [0, 0.1) is 11.8 Å². The zero-order valence-electron chi connectivity index (χ0n) is 9.83. The van der Waals surface area contributed by atoms with Gasteiger partial charge in [-0.1, -0.05) is 57.5 Å². The third-order valence-corrected chi connectivity index (χ3v) is 2.12. The second-order valence-electron chi connectivity index (χ2n) is 4.01. The molecule has 0 aliphatic heterocycles. The van der Waals surface area contributed by atoms with Crippen molar-refractivity contribution in [3.8, 4) is 0 Å². The van der Waals surface area contributed by atoms with Crippen LogP contribution in [0.4, 0.5) is 0 Å². The van der Waals surface area contributed by atoms with E-state index in [0.717, 1.165) is 5.02 Å². The third-order valence-electron chi connectivity index (χ3n) is 1.87. The maximum absolute atomic E-state index is 10.8. The second-order valence-corrected chi connectivity index (χ2v) is 4.44. The second kappa shape index (κ2) is 7.47. The lowest BCUT2D eigenvalue weighted by Crippen LogP contribution is -2.13. The topological polar surface area (TPSA) is 17.1 Å². The normalized spacial score (nSPS) is 9.80. The number of benzene rings is 1. The molecule has 0 heterocycles. The van der Waals surface area contributed by atoms with Gasteiger partial charge < -0.3 is 0 Å². The number of halogens is 1. The van der Waals surface area contributed by atoms with Gasteiger partial charge in [-0.3, -0.25) is 4.79 Å². The molecule has 0 spiro atoms. The summed E-state index contributed by atoms with van der Waals surface area (Å²) in [6.07, 6.45) is 0. The summed E-state index contributed by atoms with van der Waals surface area (Å²) in [6.45, 7) is 7.73. The summed E-state index contributed by atoms with van der Waals surface area (Å²) in [4.78, 5) is 10.8. The van der Waals surface area contributed by atoms with Crippen LogP contribution in [0.3, 0.4) is 0 Å². The van der Waals surface area contributed by atoms with E-state index in [2.05, 4.69) is 0 Å². The monoisotopic (exact) mass is 226 g/mol. The number of carbonyl (C=O) groups is 1. The van der Waals surface area contributed by atoms with Gasteiger partial charge in [0.1, 0.15) is 5.78 Å². The SMILES string of the molecule is CC(C)C(=O)C(C)C.Clc1ccccc1. The van der Waals surface area contributed by atoms with Crippen LogP contribution in [0.5, 0.6) is 0 Å². The number of carbonyl (C=O) groups excluding carboxylic acids is 1. The fraction of sp³-hybridized carbons (Fsp3) is 0.462. The molecule has 1 nitrogen and oxygen atoms in total. The minimum Gasteiger partial charge on any atom is -0.299 e. The Labute approximate surface area is 97.5 Å². The molecule has 1 rings (SSSR count). The van der Waals surface area contributed by atoms with E-state index in [4.69, 9.17) is 11.6 Å². The molecule has 15 heavy (non-hydrogen) atoms.